The van der Waals surface area contributed by atoms with Crippen LogP contribution in [0, 0.1) is 21.4 Å². The molecule has 1 saturated carbocycles. The molecule has 1 heterocycles. The van der Waals surface area contributed by atoms with Crippen LogP contribution in [-0.2, 0) is 10.0 Å². The zero-order chi connectivity index (χ0) is 17.5. The van der Waals surface area contributed by atoms with Crippen molar-refractivity contribution in [3.8, 4) is 5.75 Å². The molecule has 2 atom stereocenters. The predicted octanol–water partition coefficient (Wildman–Crippen LogP) is 2.80. The van der Waals surface area contributed by atoms with E-state index in [4.69, 9.17) is 4.74 Å². The molecule has 2 fully saturated rings. The maximum absolute atomic E-state index is 12.9. The maximum atomic E-state index is 12.9. The number of methoxy groups -OCH3 is 1. The molecule has 1 aromatic carbocycles. The highest BCUT2D eigenvalue weighted by molar-refractivity contribution is 7.89. The lowest BCUT2D eigenvalue weighted by Crippen LogP contribution is -2.31. The second-order valence-electron chi connectivity index (χ2n) is 7.03. The van der Waals surface area contributed by atoms with Crippen molar-refractivity contribution in [1.82, 2.24) is 4.31 Å². The minimum atomic E-state index is -3.66. The van der Waals surface area contributed by atoms with Crippen LogP contribution in [0.1, 0.15) is 32.6 Å². The molecular formula is C16H22N2O5S. The Morgan fingerprint density at radius 3 is 2.71 bits per heavy atom. The number of nitrogens with zero attached hydrogens (tertiary/aromatic N) is 2. The van der Waals surface area contributed by atoms with Crippen LogP contribution in [0.25, 0.3) is 0 Å². The summed E-state index contributed by atoms with van der Waals surface area (Å²) in [5.74, 6) is 0.608. The summed E-state index contributed by atoms with van der Waals surface area (Å²) in [5.41, 5.74) is -0.129. The van der Waals surface area contributed by atoms with E-state index >= 15 is 0 Å². The summed E-state index contributed by atoms with van der Waals surface area (Å²) in [6.07, 6.45) is 4.19. The second kappa shape index (κ2) is 6.00. The first-order valence-corrected chi connectivity index (χ1v) is 9.54. The molecule has 132 valence electrons. The maximum Gasteiger partial charge on any atom is 0.310 e. The Bertz CT molecular complexity index is 764. The lowest BCUT2D eigenvalue weighted by molar-refractivity contribution is -0.385. The molecular weight excluding hydrogens is 332 g/mol. The van der Waals surface area contributed by atoms with Gasteiger partial charge in [-0.15, -0.1) is 0 Å². The van der Waals surface area contributed by atoms with E-state index in [1.165, 1.54) is 29.6 Å². The Morgan fingerprint density at radius 2 is 2.12 bits per heavy atom. The fraction of sp³-hybridized carbons (Fsp3) is 0.625. The molecule has 8 heteroatoms. The molecule has 0 amide bonds. The summed E-state index contributed by atoms with van der Waals surface area (Å²) in [7, 11) is -2.37. The van der Waals surface area contributed by atoms with Gasteiger partial charge in [0, 0.05) is 25.2 Å². The Hall–Kier alpha value is -1.67. The summed E-state index contributed by atoms with van der Waals surface area (Å²) < 4.78 is 32.3. The van der Waals surface area contributed by atoms with E-state index < -0.39 is 14.9 Å². The van der Waals surface area contributed by atoms with Crippen molar-refractivity contribution in [2.75, 3.05) is 20.2 Å². The van der Waals surface area contributed by atoms with E-state index in [0.717, 1.165) is 25.7 Å². The molecule has 0 radical (unpaired) electrons. The minimum Gasteiger partial charge on any atom is -0.490 e. The number of hydrogen-bond donors (Lipinski definition) is 0. The van der Waals surface area contributed by atoms with Gasteiger partial charge in [-0.2, -0.15) is 4.31 Å². The smallest absolute Gasteiger partial charge is 0.310 e. The van der Waals surface area contributed by atoms with E-state index in [0.29, 0.717) is 19.0 Å². The van der Waals surface area contributed by atoms with Gasteiger partial charge in [0.2, 0.25) is 10.0 Å². The van der Waals surface area contributed by atoms with Crippen molar-refractivity contribution < 1.29 is 18.1 Å². The standard InChI is InChI=1S/C16H22N2O5S/c1-12-5-6-16(10-12)7-8-17(11-16)24(21,22)13-3-4-14(18(19)20)15(9-13)23-2/h3-4,9,12H,5-8,10-11H2,1-2H3. The van der Waals surface area contributed by atoms with Crippen LogP contribution in [0.2, 0.25) is 0 Å². The van der Waals surface area contributed by atoms with Crippen molar-refractivity contribution in [3.63, 3.8) is 0 Å². The molecule has 0 bridgehead atoms. The Labute approximate surface area is 141 Å². The first kappa shape index (κ1) is 17.2. The lowest BCUT2D eigenvalue weighted by atomic mass is 9.85. The van der Waals surface area contributed by atoms with Gasteiger partial charge in [-0.3, -0.25) is 10.1 Å². The molecule has 1 aromatic rings. The molecule has 0 aromatic heterocycles. The molecule has 1 spiro atoms. The third-order valence-corrected chi connectivity index (χ3v) is 7.18. The number of nitro benzene ring substituents is 1. The second-order valence-corrected chi connectivity index (χ2v) is 8.97. The van der Waals surface area contributed by atoms with Gasteiger partial charge in [0.05, 0.1) is 16.9 Å². The van der Waals surface area contributed by atoms with Gasteiger partial charge >= 0.3 is 5.69 Å². The number of sulfonamides is 1. The fourth-order valence-corrected chi connectivity index (χ4v) is 5.65. The normalized spacial score (nSPS) is 27.7. The third kappa shape index (κ3) is 2.88. The average Bonchev–Trinajstić information content (AvgIpc) is 3.13. The van der Waals surface area contributed by atoms with Gasteiger partial charge in [0.25, 0.3) is 0 Å². The van der Waals surface area contributed by atoms with E-state index in [1.807, 2.05) is 0 Å². The van der Waals surface area contributed by atoms with Crippen molar-refractivity contribution in [2.45, 2.75) is 37.5 Å². The molecule has 0 N–H and O–H groups in total. The first-order chi connectivity index (χ1) is 11.3. The van der Waals surface area contributed by atoms with Crippen LogP contribution in [0.4, 0.5) is 5.69 Å². The molecule has 7 nitrogen and oxygen atoms in total. The molecule has 1 saturated heterocycles. The van der Waals surface area contributed by atoms with E-state index in [2.05, 4.69) is 6.92 Å². The molecule has 2 unspecified atom stereocenters. The zero-order valence-corrected chi connectivity index (χ0v) is 14.7. The van der Waals surface area contributed by atoms with Crippen molar-refractivity contribution >= 4 is 15.7 Å². The van der Waals surface area contributed by atoms with Gasteiger partial charge in [0.15, 0.2) is 5.75 Å². The van der Waals surface area contributed by atoms with E-state index in [-0.39, 0.29) is 21.7 Å². The summed E-state index contributed by atoms with van der Waals surface area (Å²) in [6, 6.07) is 3.73. The minimum absolute atomic E-state index is 0.0375. The van der Waals surface area contributed by atoms with E-state index in [9.17, 15) is 18.5 Å². The summed E-state index contributed by atoms with van der Waals surface area (Å²) >= 11 is 0. The van der Waals surface area contributed by atoms with Crippen LogP contribution in [0.5, 0.6) is 5.75 Å². The quantitative estimate of drug-likeness (QED) is 0.612. The number of rotatable bonds is 4. The molecule has 2 aliphatic rings. The molecule has 24 heavy (non-hydrogen) atoms. The average molecular weight is 354 g/mol. The predicted molar refractivity (Wildman–Crippen MR) is 88.5 cm³/mol. The molecule has 1 aliphatic carbocycles. The van der Waals surface area contributed by atoms with Crippen molar-refractivity contribution in [1.29, 1.82) is 0 Å². The van der Waals surface area contributed by atoms with Crippen LogP contribution in [0.3, 0.4) is 0 Å². The SMILES string of the molecule is COc1cc(S(=O)(=O)N2CCC3(CCC(C)C3)C2)ccc1[N+](=O)[O-]. The van der Waals surface area contributed by atoms with Crippen LogP contribution < -0.4 is 4.74 Å². The highest BCUT2D eigenvalue weighted by atomic mass is 32.2. The zero-order valence-electron chi connectivity index (χ0n) is 13.9. The van der Waals surface area contributed by atoms with Gasteiger partial charge < -0.3 is 4.74 Å². The van der Waals surface area contributed by atoms with Gasteiger partial charge in [-0.05, 0) is 36.7 Å². The van der Waals surface area contributed by atoms with Gasteiger partial charge in [-0.1, -0.05) is 13.3 Å². The summed E-state index contributed by atoms with van der Waals surface area (Å²) in [4.78, 5) is 10.4. The van der Waals surface area contributed by atoms with Gasteiger partial charge in [-0.25, -0.2) is 8.42 Å². The lowest BCUT2D eigenvalue weighted by Gasteiger charge is -2.24. The topological polar surface area (TPSA) is 89.8 Å². The largest absolute Gasteiger partial charge is 0.490 e. The van der Waals surface area contributed by atoms with Crippen LogP contribution in [-0.4, -0.2) is 37.8 Å². The Morgan fingerprint density at radius 1 is 1.38 bits per heavy atom. The Balaban J connectivity index is 1.88. The highest BCUT2D eigenvalue weighted by Gasteiger charge is 2.46. The highest BCUT2D eigenvalue weighted by Crippen LogP contribution is 2.49. The van der Waals surface area contributed by atoms with Crippen LogP contribution >= 0.6 is 0 Å². The van der Waals surface area contributed by atoms with Crippen molar-refractivity contribution in [2.24, 2.45) is 11.3 Å². The van der Waals surface area contributed by atoms with Crippen LogP contribution in [0.15, 0.2) is 23.1 Å². The first-order valence-electron chi connectivity index (χ1n) is 8.10. The monoisotopic (exact) mass is 354 g/mol. The Kier molecular flexibility index (Phi) is 4.29. The number of nitro groups is 1. The molecule has 1 aliphatic heterocycles. The number of benzene rings is 1. The third-order valence-electron chi connectivity index (χ3n) is 5.34. The number of ether oxygens (including phenoxy) is 1. The van der Waals surface area contributed by atoms with Gasteiger partial charge in [0.1, 0.15) is 0 Å². The van der Waals surface area contributed by atoms with E-state index in [1.54, 1.807) is 0 Å². The van der Waals surface area contributed by atoms with Crippen molar-refractivity contribution in [3.05, 3.63) is 28.3 Å². The fourth-order valence-electron chi connectivity index (χ4n) is 4.08. The molecule has 3 rings (SSSR count). The number of hydrogen-bond acceptors (Lipinski definition) is 5. The summed E-state index contributed by atoms with van der Waals surface area (Å²) in [5, 5.41) is 11.0. The summed E-state index contributed by atoms with van der Waals surface area (Å²) in [6.45, 7) is 3.26.